The molecule has 110 valence electrons. The number of aryl methyl sites for hydroxylation is 1. The Kier molecular flexibility index (Phi) is 4.84. The highest BCUT2D eigenvalue weighted by Crippen LogP contribution is 2.26. The van der Waals surface area contributed by atoms with Gasteiger partial charge in [0.2, 0.25) is 0 Å². The number of alkyl carbamates (subject to hydrolysis) is 1. The fourth-order valence-corrected chi connectivity index (χ4v) is 2.26. The van der Waals surface area contributed by atoms with Gasteiger partial charge in [-0.05, 0) is 26.5 Å². The molecule has 2 atom stereocenters. The Balaban J connectivity index is 2.04. The van der Waals surface area contributed by atoms with Gasteiger partial charge in [0.25, 0.3) is 0 Å². The van der Waals surface area contributed by atoms with Gasteiger partial charge in [-0.15, -0.1) is 0 Å². The van der Waals surface area contributed by atoms with Gasteiger partial charge in [-0.2, -0.15) is 0 Å². The summed E-state index contributed by atoms with van der Waals surface area (Å²) in [5, 5.41) is 6.01. The Bertz CT molecular complexity index is 476. The van der Waals surface area contributed by atoms with Crippen molar-refractivity contribution < 1.29 is 14.3 Å². The van der Waals surface area contributed by atoms with Gasteiger partial charge in [0, 0.05) is 11.6 Å². The monoisotopic (exact) mass is 278 g/mol. The molecule has 1 aromatic rings. The highest BCUT2D eigenvalue weighted by molar-refractivity contribution is 5.69. The average molecular weight is 278 g/mol. The lowest BCUT2D eigenvalue weighted by atomic mass is 10.0. The van der Waals surface area contributed by atoms with Crippen LogP contribution in [0.5, 0.6) is 5.75 Å². The molecule has 20 heavy (non-hydrogen) atoms. The van der Waals surface area contributed by atoms with Crippen molar-refractivity contribution in [3.63, 3.8) is 0 Å². The average Bonchev–Trinajstić information content (AvgIpc) is 2.83. The van der Waals surface area contributed by atoms with Gasteiger partial charge >= 0.3 is 6.09 Å². The second-order valence-electron chi connectivity index (χ2n) is 5.04. The summed E-state index contributed by atoms with van der Waals surface area (Å²) in [4.78, 5) is 11.0. The minimum atomic E-state index is -0.372. The molecule has 1 aliphatic rings. The van der Waals surface area contributed by atoms with Crippen LogP contribution in [0.2, 0.25) is 0 Å². The number of cyclic esters (lactones) is 1. The van der Waals surface area contributed by atoms with Crippen molar-refractivity contribution in [3.05, 3.63) is 29.3 Å². The predicted octanol–water partition coefficient (Wildman–Crippen LogP) is 2.15. The van der Waals surface area contributed by atoms with Gasteiger partial charge in [0.05, 0.1) is 6.54 Å². The van der Waals surface area contributed by atoms with E-state index in [1.807, 2.05) is 12.1 Å². The minimum Gasteiger partial charge on any atom is -0.489 e. The molecule has 2 rings (SSSR count). The minimum absolute atomic E-state index is 0.217. The first-order valence-corrected chi connectivity index (χ1v) is 7.01. The van der Waals surface area contributed by atoms with Gasteiger partial charge in [-0.1, -0.05) is 24.6 Å². The van der Waals surface area contributed by atoms with Crippen LogP contribution in [-0.4, -0.2) is 31.9 Å². The number of nitrogens with one attached hydrogen (secondary N) is 2. The van der Waals surface area contributed by atoms with Crippen LogP contribution in [0, 0.1) is 6.92 Å². The third kappa shape index (κ3) is 3.63. The smallest absolute Gasteiger partial charge is 0.407 e. The van der Waals surface area contributed by atoms with Crippen LogP contribution in [-0.2, 0) is 4.74 Å². The van der Waals surface area contributed by atoms with Gasteiger partial charge in [0.1, 0.15) is 12.4 Å². The molecule has 0 bridgehead atoms. The second-order valence-corrected chi connectivity index (χ2v) is 5.04. The van der Waals surface area contributed by atoms with Gasteiger partial charge in [-0.3, -0.25) is 0 Å². The molecule has 5 nitrogen and oxygen atoms in total. The molecule has 0 aliphatic carbocycles. The third-order valence-corrected chi connectivity index (χ3v) is 3.31. The quantitative estimate of drug-likeness (QED) is 0.837. The molecule has 1 amide bonds. The number of amides is 1. The zero-order valence-electron chi connectivity index (χ0n) is 12.2. The molecule has 1 saturated heterocycles. The van der Waals surface area contributed by atoms with Crippen molar-refractivity contribution in [2.24, 2.45) is 0 Å². The number of rotatable bonds is 6. The van der Waals surface area contributed by atoms with Crippen molar-refractivity contribution >= 4 is 6.09 Å². The number of benzene rings is 1. The Labute approximate surface area is 119 Å². The number of carbonyl (C=O) groups excluding carboxylic acids is 1. The van der Waals surface area contributed by atoms with Gasteiger partial charge < -0.3 is 20.1 Å². The molecule has 1 aliphatic heterocycles. The summed E-state index contributed by atoms with van der Waals surface area (Å²) < 4.78 is 10.9. The molecule has 0 radical (unpaired) electrons. The van der Waals surface area contributed by atoms with E-state index >= 15 is 0 Å². The van der Waals surface area contributed by atoms with Crippen LogP contribution >= 0.6 is 0 Å². The maximum absolute atomic E-state index is 11.0. The van der Waals surface area contributed by atoms with E-state index in [1.54, 1.807) is 0 Å². The Hall–Kier alpha value is -1.75. The summed E-state index contributed by atoms with van der Waals surface area (Å²) in [6.45, 7) is 8.03. The topological polar surface area (TPSA) is 59.6 Å². The standard InChI is InChI=1S/C15H22N2O3/c1-4-16-11(3)13-7-10(2)5-6-14(13)19-9-12-8-17-15(18)20-12/h5-7,11-12,16H,4,8-9H2,1-3H3,(H,17,18). The van der Waals surface area contributed by atoms with E-state index in [2.05, 4.69) is 37.5 Å². The number of hydrogen-bond acceptors (Lipinski definition) is 4. The summed E-state index contributed by atoms with van der Waals surface area (Å²) in [6.07, 6.45) is -0.588. The molecule has 2 unspecified atom stereocenters. The van der Waals surface area contributed by atoms with E-state index in [9.17, 15) is 4.79 Å². The highest BCUT2D eigenvalue weighted by Gasteiger charge is 2.23. The number of hydrogen-bond donors (Lipinski definition) is 2. The van der Waals surface area contributed by atoms with E-state index in [0.717, 1.165) is 17.9 Å². The maximum Gasteiger partial charge on any atom is 0.407 e. The molecule has 0 aromatic heterocycles. The molecule has 1 heterocycles. The van der Waals surface area contributed by atoms with E-state index in [1.165, 1.54) is 5.56 Å². The number of ether oxygens (including phenoxy) is 2. The Morgan fingerprint density at radius 2 is 2.35 bits per heavy atom. The largest absolute Gasteiger partial charge is 0.489 e. The lowest BCUT2D eigenvalue weighted by Gasteiger charge is -2.19. The zero-order chi connectivity index (χ0) is 14.5. The summed E-state index contributed by atoms with van der Waals surface area (Å²) in [5.74, 6) is 0.840. The third-order valence-electron chi connectivity index (χ3n) is 3.31. The fourth-order valence-electron chi connectivity index (χ4n) is 2.26. The first kappa shape index (κ1) is 14.7. The molecule has 2 N–H and O–H groups in total. The van der Waals surface area contributed by atoms with Crippen molar-refractivity contribution in [2.45, 2.75) is 32.9 Å². The predicted molar refractivity (Wildman–Crippen MR) is 77.0 cm³/mol. The van der Waals surface area contributed by atoms with E-state index < -0.39 is 0 Å². The highest BCUT2D eigenvalue weighted by atomic mass is 16.6. The molecule has 5 heteroatoms. The Morgan fingerprint density at radius 1 is 1.55 bits per heavy atom. The van der Waals surface area contributed by atoms with Crippen molar-refractivity contribution in [1.82, 2.24) is 10.6 Å². The van der Waals surface area contributed by atoms with E-state index in [-0.39, 0.29) is 18.2 Å². The van der Waals surface area contributed by atoms with Crippen LogP contribution in [0.3, 0.4) is 0 Å². The van der Waals surface area contributed by atoms with E-state index in [0.29, 0.717) is 13.2 Å². The van der Waals surface area contributed by atoms with Crippen LogP contribution in [0.25, 0.3) is 0 Å². The summed E-state index contributed by atoms with van der Waals surface area (Å²) in [6, 6.07) is 6.35. The first-order chi connectivity index (χ1) is 9.60. The van der Waals surface area contributed by atoms with Crippen molar-refractivity contribution in [2.75, 3.05) is 19.7 Å². The van der Waals surface area contributed by atoms with Gasteiger partial charge in [-0.25, -0.2) is 4.79 Å². The van der Waals surface area contributed by atoms with E-state index in [4.69, 9.17) is 9.47 Å². The lowest BCUT2D eigenvalue weighted by molar-refractivity contribution is 0.104. The normalized spacial score (nSPS) is 19.4. The zero-order valence-corrected chi connectivity index (χ0v) is 12.2. The second kappa shape index (κ2) is 6.61. The van der Waals surface area contributed by atoms with Crippen LogP contribution in [0.4, 0.5) is 4.79 Å². The molecule has 1 aromatic carbocycles. The van der Waals surface area contributed by atoms with Crippen molar-refractivity contribution in [3.8, 4) is 5.75 Å². The molecule has 0 saturated carbocycles. The molecular formula is C15H22N2O3. The Morgan fingerprint density at radius 3 is 3.00 bits per heavy atom. The SMILES string of the molecule is CCNC(C)c1cc(C)ccc1OCC1CNC(=O)O1. The molecule has 1 fully saturated rings. The maximum atomic E-state index is 11.0. The first-order valence-electron chi connectivity index (χ1n) is 7.01. The lowest BCUT2D eigenvalue weighted by Crippen LogP contribution is -2.23. The summed E-state index contributed by atoms with van der Waals surface area (Å²) in [5.41, 5.74) is 2.33. The fraction of sp³-hybridized carbons (Fsp3) is 0.533. The van der Waals surface area contributed by atoms with Crippen molar-refractivity contribution in [1.29, 1.82) is 0 Å². The summed E-state index contributed by atoms with van der Waals surface area (Å²) in [7, 11) is 0. The van der Waals surface area contributed by atoms with Gasteiger partial charge in [0.15, 0.2) is 6.10 Å². The summed E-state index contributed by atoms with van der Waals surface area (Å²) >= 11 is 0. The molecule has 0 spiro atoms. The number of carbonyl (C=O) groups is 1. The van der Waals surface area contributed by atoms with Crippen LogP contribution in [0.15, 0.2) is 18.2 Å². The van der Waals surface area contributed by atoms with Crippen LogP contribution in [0.1, 0.15) is 31.0 Å². The molecular weight excluding hydrogens is 256 g/mol. The van der Waals surface area contributed by atoms with Crippen LogP contribution < -0.4 is 15.4 Å².